The fraction of sp³-hybridized carbons (Fsp3) is 0.238. The molecule has 1 aromatic heterocycles. The number of fused-ring (bicyclic) bond motifs is 1. The van der Waals surface area contributed by atoms with E-state index in [1.54, 1.807) is 18.4 Å². The summed E-state index contributed by atoms with van der Waals surface area (Å²) in [6, 6.07) is 14.8. The molecule has 23 heavy (non-hydrogen) atoms. The van der Waals surface area contributed by atoms with Gasteiger partial charge in [0.05, 0.1) is 12.0 Å². The summed E-state index contributed by atoms with van der Waals surface area (Å²) in [4.78, 5) is 1.13. The van der Waals surface area contributed by atoms with Gasteiger partial charge in [-0.3, -0.25) is 0 Å². The Morgan fingerprint density at radius 3 is 2.52 bits per heavy atom. The zero-order valence-electron chi connectivity index (χ0n) is 13.8. The Morgan fingerprint density at radius 2 is 1.83 bits per heavy atom. The van der Waals surface area contributed by atoms with Crippen LogP contribution in [-0.2, 0) is 6.42 Å². The number of hydrogen-bond donors (Lipinski definition) is 0. The number of thiophene rings is 1. The molecular formula is C21H20OS. The Morgan fingerprint density at radius 1 is 1.04 bits per heavy atom. The van der Waals surface area contributed by atoms with E-state index >= 15 is 0 Å². The number of rotatable bonds is 3. The number of benzene rings is 2. The quantitative estimate of drug-likeness (QED) is 0.573. The van der Waals surface area contributed by atoms with Gasteiger partial charge in [-0.25, -0.2) is 0 Å². The molecule has 116 valence electrons. The predicted octanol–water partition coefficient (Wildman–Crippen LogP) is 5.57. The minimum absolute atomic E-state index is 0.893. The normalized spacial score (nSPS) is 10.4. The van der Waals surface area contributed by atoms with E-state index in [1.165, 1.54) is 27.6 Å². The van der Waals surface area contributed by atoms with Gasteiger partial charge in [-0.15, -0.1) is 11.3 Å². The molecule has 0 aliphatic rings. The monoisotopic (exact) mass is 320 g/mol. The van der Waals surface area contributed by atoms with Crippen molar-refractivity contribution in [2.45, 2.75) is 26.7 Å². The van der Waals surface area contributed by atoms with Crippen LogP contribution in [0.4, 0.5) is 0 Å². The zero-order chi connectivity index (χ0) is 16.2. The second-order valence-electron chi connectivity index (χ2n) is 5.62. The van der Waals surface area contributed by atoms with Gasteiger partial charge in [0.1, 0.15) is 5.75 Å². The molecule has 1 nitrogen and oxygen atoms in total. The van der Waals surface area contributed by atoms with Gasteiger partial charge in [-0.1, -0.05) is 37.3 Å². The molecule has 0 bridgehead atoms. The summed E-state index contributed by atoms with van der Waals surface area (Å²) in [6.45, 7) is 4.34. The Balaban J connectivity index is 1.91. The van der Waals surface area contributed by atoms with E-state index in [-0.39, 0.29) is 0 Å². The second kappa shape index (κ2) is 6.89. The van der Waals surface area contributed by atoms with Crippen molar-refractivity contribution in [1.82, 2.24) is 0 Å². The fourth-order valence-electron chi connectivity index (χ4n) is 2.62. The second-order valence-corrected chi connectivity index (χ2v) is 6.67. The first-order chi connectivity index (χ1) is 11.2. The molecule has 0 amide bonds. The Labute approximate surface area is 141 Å². The number of hydrogen-bond acceptors (Lipinski definition) is 2. The summed E-state index contributed by atoms with van der Waals surface area (Å²) in [5, 5.41) is 1.26. The van der Waals surface area contributed by atoms with E-state index in [9.17, 15) is 0 Å². The lowest BCUT2D eigenvalue weighted by Crippen LogP contribution is -1.83. The maximum Gasteiger partial charge on any atom is 0.120 e. The molecule has 0 N–H and O–H groups in total. The van der Waals surface area contributed by atoms with Crippen molar-refractivity contribution in [2.24, 2.45) is 0 Å². The standard InChI is InChI=1S/C21H20OS/c1-4-5-16-6-8-17(9-7-16)10-13-20-15(2)19-12-11-18(22-3)14-21(19)23-20/h6-9,11-12,14H,4-5H2,1-3H3. The number of ether oxygens (including phenoxy) is 1. The summed E-state index contributed by atoms with van der Waals surface area (Å²) in [5.41, 5.74) is 3.70. The highest BCUT2D eigenvalue weighted by atomic mass is 32.1. The van der Waals surface area contributed by atoms with Crippen LogP contribution in [0.5, 0.6) is 5.75 Å². The molecule has 0 unspecified atom stereocenters. The van der Waals surface area contributed by atoms with E-state index in [4.69, 9.17) is 4.74 Å². The van der Waals surface area contributed by atoms with Crippen molar-refractivity contribution in [1.29, 1.82) is 0 Å². The van der Waals surface area contributed by atoms with Crippen molar-refractivity contribution in [3.05, 3.63) is 64.0 Å². The number of methoxy groups -OCH3 is 1. The molecule has 1 heterocycles. The summed E-state index contributed by atoms with van der Waals surface area (Å²) < 4.78 is 6.53. The van der Waals surface area contributed by atoms with Crippen molar-refractivity contribution >= 4 is 21.4 Å². The van der Waals surface area contributed by atoms with Gasteiger partial charge >= 0.3 is 0 Å². The highest BCUT2D eigenvalue weighted by molar-refractivity contribution is 7.19. The van der Waals surface area contributed by atoms with Crippen LogP contribution in [0.25, 0.3) is 10.1 Å². The first kappa shape index (κ1) is 15.6. The molecule has 2 heteroatoms. The topological polar surface area (TPSA) is 9.23 Å². The molecule has 0 aliphatic carbocycles. The van der Waals surface area contributed by atoms with Crippen LogP contribution >= 0.6 is 11.3 Å². The van der Waals surface area contributed by atoms with E-state index < -0.39 is 0 Å². The molecule has 0 saturated carbocycles. The van der Waals surface area contributed by atoms with Gasteiger partial charge < -0.3 is 4.74 Å². The van der Waals surface area contributed by atoms with E-state index in [2.05, 4.69) is 62.1 Å². The van der Waals surface area contributed by atoms with Gasteiger partial charge in [-0.05, 0) is 60.2 Å². The lowest BCUT2D eigenvalue weighted by molar-refractivity contribution is 0.415. The summed E-state index contributed by atoms with van der Waals surface area (Å²) in [6.07, 6.45) is 2.31. The van der Waals surface area contributed by atoms with Gasteiger partial charge in [0.15, 0.2) is 0 Å². The van der Waals surface area contributed by atoms with Crippen LogP contribution in [-0.4, -0.2) is 7.11 Å². The minimum atomic E-state index is 0.893. The summed E-state index contributed by atoms with van der Waals surface area (Å²) in [5.74, 6) is 7.52. The first-order valence-electron chi connectivity index (χ1n) is 7.89. The zero-order valence-corrected chi connectivity index (χ0v) is 14.6. The third-order valence-electron chi connectivity index (χ3n) is 3.96. The summed E-state index contributed by atoms with van der Waals surface area (Å²) >= 11 is 1.73. The molecule has 0 radical (unpaired) electrons. The highest BCUT2D eigenvalue weighted by Crippen LogP contribution is 2.32. The third kappa shape index (κ3) is 3.41. The Kier molecular flexibility index (Phi) is 4.69. The molecule has 0 aliphatic heterocycles. The molecule has 0 spiro atoms. The molecule has 0 atom stereocenters. The lowest BCUT2D eigenvalue weighted by Gasteiger charge is -1.98. The van der Waals surface area contributed by atoms with Crippen LogP contribution in [0.1, 0.15) is 34.9 Å². The molecule has 3 aromatic rings. The summed E-state index contributed by atoms with van der Waals surface area (Å²) in [7, 11) is 1.70. The predicted molar refractivity (Wildman–Crippen MR) is 99.5 cm³/mol. The molecule has 3 rings (SSSR count). The average molecular weight is 320 g/mol. The van der Waals surface area contributed by atoms with Gasteiger partial charge in [-0.2, -0.15) is 0 Å². The van der Waals surface area contributed by atoms with Crippen molar-refractivity contribution < 1.29 is 4.74 Å². The van der Waals surface area contributed by atoms with Crippen LogP contribution < -0.4 is 4.74 Å². The minimum Gasteiger partial charge on any atom is -0.497 e. The molecule has 0 saturated heterocycles. The van der Waals surface area contributed by atoms with Gasteiger partial charge in [0, 0.05) is 10.3 Å². The van der Waals surface area contributed by atoms with Crippen molar-refractivity contribution in [3.63, 3.8) is 0 Å². The smallest absolute Gasteiger partial charge is 0.120 e. The molecule has 2 aromatic carbocycles. The third-order valence-corrected chi connectivity index (χ3v) is 5.13. The van der Waals surface area contributed by atoms with Crippen molar-refractivity contribution in [2.75, 3.05) is 7.11 Å². The highest BCUT2D eigenvalue weighted by Gasteiger charge is 2.07. The number of aryl methyl sites for hydroxylation is 2. The maximum absolute atomic E-state index is 5.30. The van der Waals surface area contributed by atoms with Gasteiger partial charge in [0.25, 0.3) is 0 Å². The van der Waals surface area contributed by atoms with Crippen LogP contribution in [0.2, 0.25) is 0 Å². The van der Waals surface area contributed by atoms with E-state index in [1.807, 2.05) is 6.07 Å². The molecule has 0 fully saturated rings. The van der Waals surface area contributed by atoms with Crippen molar-refractivity contribution in [3.8, 4) is 17.6 Å². The van der Waals surface area contributed by atoms with Crippen LogP contribution in [0.3, 0.4) is 0 Å². The van der Waals surface area contributed by atoms with Crippen LogP contribution in [0, 0.1) is 18.8 Å². The van der Waals surface area contributed by atoms with Gasteiger partial charge in [0.2, 0.25) is 0 Å². The SMILES string of the molecule is CCCc1ccc(C#Cc2sc3cc(OC)ccc3c2C)cc1. The Bertz CT molecular complexity index is 876. The van der Waals surface area contributed by atoms with E-state index in [0.29, 0.717) is 0 Å². The fourth-order valence-corrected chi connectivity index (χ4v) is 3.72. The Hall–Kier alpha value is -2.24. The largest absolute Gasteiger partial charge is 0.497 e. The van der Waals surface area contributed by atoms with E-state index in [0.717, 1.165) is 22.6 Å². The first-order valence-corrected chi connectivity index (χ1v) is 8.71. The lowest BCUT2D eigenvalue weighted by atomic mass is 10.1. The molecular weight excluding hydrogens is 300 g/mol. The van der Waals surface area contributed by atoms with Crippen LogP contribution in [0.15, 0.2) is 42.5 Å². The average Bonchev–Trinajstić information content (AvgIpc) is 2.90. The maximum atomic E-state index is 5.30.